The molecule has 0 aliphatic rings. The SMILES string of the molecule is CC(O)c1csc2ccc(C(F)(F)F)cc12. The van der Waals surface area contributed by atoms with Gasteiger partial charge in [-0.2, -0.15) is 13.2 Å². The maximum Gasteiger partial charge on any atom is 0.416 e. The van der Waals surface area contributed by atoms with Crippen molar-refractivity contribution >= 4 is 21.4 Å². The number of thiophene rings is 1. The number of rotatable bonds is 1. The Labute approximate surface area is 94.1 Å². The predicted molar refractivity (Wildman–Crippen MR) is 57.5 cm³/mol. The zero-order valence-electron chi connectivity index (χ0n) is 8.38. The van der Waals surface area contributed by atoms with Crippen LogP contribution in [0.3, 0.4) is 0 Å². The Hall–Kier alpha value is -1.07. The summed E-state index contributed by atoms with van der Waals surface area (Å²) in [6.45, 7) is 1.54. The second-order valence-corrected chi connectivity index (χ2v) is 4.49. The van der Waals surface area contributed by atoms with Gasteiger partial charge in [-0.15, -0.1) is 11.3 Å². The third-order valence-corrected chi connectivity index (χ3v) is 3.36. The minimum atomic E-state index is -4.34. The third kappa shape index (κ3) is 1.92. The van der Waals surface area contributed by atoms with E-state index in [9.17, 15) is 18.3 Å². The molecule has 1 N–H and O–H groups in total. The number of aliphatic hydroxyl groups is 1. The molecular formula is C11H9F3OS. The van der Waals surface area contributed by atoms with Gasteiger partial charge in [-0.05, 0) is 41.5 Å². The average Bonchev–Trinajstić information content (AvgIpc) is 2.58. The van der Waals surface area contributed by atoms with Crippen LogP contribution in [0.4, 0.5) is 13.2 Å². The lowest BCUT2D eigenvalue weighted by Crippen LogP contribution is -2.04. The Morgan fingerprint density at radius 3 is 2.56 bits per heavy atom. The van der Waals surface area contributed by atoms with E-state index in [1.165, 1.54) is 17.4 Å². The van der Waals surface area contributed by atoms with Gasteiger partial charge in [0.15, 0.2) is 0 Å². The quantitative estimate of drug-likeness (QED) is 0.807. The number of hydrogen-bond donors (Lipinski definition) is 1. The van der Waals surface area contributed by atoms with Crippen LogP contribution < -0.4 is 0 Å². The normalized spacial score (nSPS) is 14.3. The molecule has 0 saturated carbocycles. The minimum absolute atomic E-state index is 0.481. The summed E-state index contributed by atoms with van der Waals surface area (Å²) in [5.74, 6) is 0. The number of aliphatic hydroxyl groups excluding tert-OH is 1. The highest BCUT2D eigenvalue weighted by Crippen LogP contribution is 2.36. The van der Waals surface area contributed by atoms with Crippen molar-refractivity contribution in [3.05, 3.63) is 34.7 Å². The zero-order valence-corrected chi connectivity index (χ0v) is 9.19. The van der Waals surface area contributed by atoms with Gasteiger partial charge in [0.1, 0.15) is 0 Å². The molecule has 0 aliphatic carbocycles. The molecule has 0 aliphatic heterocycles. The molecule has 0 amide bonds. The van der Waals surface area contributed by atoms with Crippen LogP contribution in [0.2, 0.25) is 0 Å². The van der Waals surface area contributed by atoms with Gasteiger partial charge in [-0.1, -0.05) is 0 Å². The van der Waals surface area contributed by atoms with Gasteiger partial charge >= 0.3 is 6.18 Å². The van der Waals surface area contributed by atoms with E-state index in [-0.39, 0.29) is 0 Å². The molecule has 2 aromatic rings. The van der Waals surface area contributed by atoms with E-state index in [4.69, 9.17) is 0 Å². The lowest BCUT2D eigenvalue weighted by molar-refractivity contribution is -0.137. The van der Waals surface area contributed by atoms with E-state index in [2.05, 4.69) is 0 Å². The molecular weight excluding hydrogens is 237 g/mol. The molecule has 0 fully saturated rings. The van der Waals surface area contributed by atoms with Gasteiger partial charge in [0.25, 0.3) is 0 Å². The lowest BCUT2D eigenvalue weighted by atomic mass is 10.1. The largest absolute Gasteiger partial charge is 0.416 e. The number of benzene rings is 1. The summed E-state index contributed by atoms with van der Waals surface area (Å²) < 4.78 is 38.2. The molecule has 0 spiro atoms. The van der Waals surface area contributed by atoms with E-state index in [0.717, 1.165) is 16.8 Å². The summed E-state index contributed by atoms with van der Waals surface area (Å²) >= 11 is 1.33. The summed E-state index contributed by atoms with van der Waals surface area (Å²) in [5.41, 5.74) is -0.133. The van der Waals surface area contributed by atoms with Gasteiger partial charge in [0.2, 0.25) is 0 Å². The maximum absolute atomic E-state index is 12.5. The van der Waals surface area contributed by atoms with E-state index in [1.807, 2.05) is 0 Å². The Balaban J connectivity index is 2.63. The van der Waals surface area contributed by atoms with Crippen molar-refractivity contribution < 1.29 is 18.3 Å². The molecule has 1 heterocycles. The Morgan fingerprint density at radius 1 is 1.31 bits per heavy atom. The van der Waals surface area contributed by atoms with Crippen LogP contribution in [-0.4, -0.2) is 5.11 Å². The number of fused-ring (bicyclic) bond motifs is 1. The molecule has 0 bridgehead atoms. The topological polar surface area (TPSA) is 20.2 Å². The van der Waals surface area contributed by atoms with Gasteiger partial charge in [-0.25, -0.2) is 0 Å². The monoisotopic (exact) mass is 246 g/mol. The standard InChI is InChI=1S/C11H9F3OS/c1-6(15)9-5-16-10-3-2-7(4-8(9)10)11(12,13)14/h2-6,15H,1H3. The third-order valence-electron chi connectivity index (χ3n) is 2.38. The van der Waals surface area contributed by atoms with Crippen molar-refractivity contribution in [1.82, 2.24) is 0 Å². The first kappa shape index (κ1) is 11.4. The molecule has 16 heavy (non-hydrogen) atoms. The maximum atomic E-state index is 12.5. The van der Waals surface area contributed by atoms with Crippen LogP contribution in [0.5, 0.6) is 0 Å². The van der Waals surface area contributed by atoms with E-state index in [1.54, 1.807) is 12.3 Å². The van der Waals surface area contributed by atoms with Crippen LogP contribution in [0.15, 0.2) is 23.6 Å². The van der Waals surface area contributed by atoms with Gasteiger partial charge < -0.3 is 5.11 Å². The Morgan fingerprint density at radius 2 is 2.00 bits per heavy atom. The summed E-state index contributed by atoms with van der Waals surface area (Å²) in [7, 11) is 0. The lowest BCUT2D eigenvalue weighted by Gasteiger charge is -2.07. The second kappa shape index (κ2) is 3.75. The molecule has 1 unspecified atom stereocenters. The van der Waals surface area contributed by atoms with E-state index in [0.29, 0.717) is 10.9 Å². The van der Waals surface area contributed by atoms with Crippen molar-refractivity contribution in [2.75, 3.05) is 0 Å². The van der Waals surface area contributed by atoms with Crippen LogP contribution in [0.1, 0.15) is 24.2 Å². The molecule has 2 rings (SSSR count). The van der Waals surface area contributed by atoms with E-state index >= 15 is 0 Å². The molecule has 1 aromatic heterocycles. The molecule has 1 aromatic carbocycles. The average molecular weight is 246 g/mol. The van der Waals surface area contributed by atoms with Crippen LogP contribution in [0.25, 0.3) is 10.1 Å². The predicted octanol–water partition coefficient (Wildman–Crippen LogP) is 3.97. The minimum Gasteiger partial charge on any atom is -0.389 e. The first-order valence-corrected chi connectivity index (χ1v) is 5.54. The van der Waals surface area contributed by atoms with Crippen molar-refractivity contribution in [1.29, 1.82) is 0 Å². The molecule has 0 radical (unpaired) electrons. The van der Waals surface area contributed by atoms with E-state index < -0.39 is 17.8 Å². The summed E-state index contributed by atoms with van der Waals surface area (Å²) in [6, 6.07) is 3.59. The summed E-state index contributed by atoms with van der Waals surface area (Å²) in [4.78, 5) is 0. The number of halogens is 3. The molecule has 86 valence electrons. The second-order valence-electron chi connectivity index (χ2n) is 3.58. The first-order valence-electron chi connectivity index (χ1n) is 4.66. The molecule has 5 heteroatoms. The fourth-order valence-electron chi connectivity index (χ4n) is 1.55. The smallest absolute Gasteiger partial charge is 0.389 e. The van der Waals surface area contributed by atoms with Gasteiger partial charge in [0.05, 0.1) is 11.7 Å². The number of hydrogen-bond acceptors (Lipinski definition) is 2. The molecule has 1 atom stereocenters. The fourth-order valence-corrected chi connectivity index (χ4v) is 2.58. The van der Waals surface area contributed by atoms with Crippen molar-refractivity contribution in [2.45, 2.75) is 19.2 Å². The summed E-state index contributed by atoms with van der Waals surface area (Å²) in [5, 5.41) is 11.6. The highest BCUT2D eigenvalue weighted by atomic mass is 32.1. The number of alkyl halides is 3. The van der Waals surface area contributed by atoms with Crippen LogP contribution in [0, 0.1) is 0 Å². The van der Waals surface area contributed by atoms with Crippen molar-refractivity contribution in [3.63, 3.8) is 0 Å². The first-order chi connectivity index (χ1) is 7.39. The zero-order chi connectivity index (χ0) is 11.9. The Bertz CT molecular complexity index is 513. The van der Waals surface area contributed by atoms with Gasteiger partial charge in [-0.3, -0.25) is 0 Å². The Kier molecular flexibility index (Phi) is 2.67. The van der Waals surface area contributed by atoms with Crippen LogP contribution >= 0.6 is 11.3 Å². The summed E-state index contributed by atoms with van der Waals surface area (Å²) in [6.07, 6.45) is -5.09. The molecule has 0 saturated heterocycles. The van der Waals surface area contributed by atoms with Gasteiger partial charge in [0, 0.05) is 4.70 Å². The molecule has 1 nitrogen and oxygen atoms in total. The van der Waals surface area contributed by atoms with Crippen molar-refractivity contribution in [2.24, 2.45) is 0 Å². The van der Waals surface area contributed by atoms with Crippen LogP contribution in [-0.2, 0) is 6.18 Å². The fraction of sp³-hybridized carbons (Fsp3) is 0.273. The van der Waals surface area contributed by atoms with Crippen molar-refractivity contribution in [3.8, 4) is 0 Å². The highest BCUT2D eigenvalue weighted by Gasteiger charge is 2.30. The highest BCUT2D eigenvalue weighted by molar-refractivity contribution is 7.17.